The Morgan fingerprint density at radius 3 is 2.57 bits per heavy atom. The molecule has 0 bridgehead atoms. The van der Waals surface area contributed by atoms with Gasteiger partial charge < -0.3 is 10.2 Å². The lowest BCUT2D eigenvalue weighted by Gasteiger charge is -2.24. The van der Waals surface area contributed by atoms with E-state index in [9.17, 15) is 22.8 Å². The molecule has 2 rings (SSSR count). The lowest BCUT2D eigenvalue weighted by molar-refractivity contribution is -0.138. The molecule has 1 aliphatic heterocycles. The third-order valence-corrected chi connectivity index (χ3v) is 3.41. The van der Waals surface area contributed by atoms with Crippen LogP contribution in [0.25, 0.3) is 0 Å². The van der Waals surface area contributed by atoms with Gasteiger partial charge in [-0.25, -0.2) is 0 Å². The number of halogens is 3. The van der Waals surface area contributed by atoms with E-state index in [1.807, 2.05) is 0 Å². The van der Waals surface area contributed by atoms with Crippen molar-refractivity contribution in [2.75, 3.05) is 11.4 Å². The molecular formula is C14H15F3N2O2. The SMILES string of the molecule is Cc1ccc(N2CCC(=O)NC(C)C2=O)cc1C(F)(F)F. The standard InChI is InChI=1S/C14H15F3N2O2/c1-8-3-4-10(7-11(8)14(15,16)17)19-6-5-12(20)18-9(2)13(19)21/h3-4,7,9H,5-6H2,1-2H3,(H,18,20). The summed E-state index contributed by atoms with van der Waals surface area (Å²) in [6, 6.07) is 2.99. The molecule has 1 unspecified atom stereocenters. The summed E-state index contributed by atoms with van der Waals surface area (Å²) in [5.41, 5.74) is -0.527. The molecule has 7 heteroatoms. The van der Waals surface area contributed by atoms with Crippen molar-refractivity contribution in [3.05, 3.63) is 29.3 Å². The molecule has 114 valence electrons. The van der Waals surface area contributed by atoms with E-state index in [0.29, 0.717) is 0 Å². The van der Waals surface area contributed by atoms with E-state index in [1.54, 1.807) is 0 Å². The maximum atomic E-state index is 12.9. The number of rotatable bonds is 1. The fourth-order valence-electron chi connectivity index (χ4n) is 2.27. The molecule has 1 fully saturated rings. The first-order chi connectivity index (χ1) is 9.70. The molecule has 1 aromatic rings. The maximum Gasteiger partial charge on any atom is 0.416 e. The minimum Gasteiger partial charge on any atom is -0.345 e. The van der Waals surface area contributed by atoms with Crippen LogP contribution in [-0.4, -0.2) is 24.4 Å². The second-order valence-corrected chi connectivity index (χ2v) is 5.03. The van der Waals surface area contributed by atoms with Crippen molar-refractivity contribution in [2.24, 2.45) is 0 Å². The fourth-order valence-corrected chi connectivity index (χ4v) is 2.27. The summed E-state index contributed by atoms with van der Waals surface area (Å²) in [4.78, 5) is 24.8. The van der Waals surface area contributed by atoms with Crippen LogP contribution in [0.4, 0.5) is 18.9 Å². The first kappa shape index (κ1) is 15.3. The van der Waals surface area contributed by atoms with Crippen LogP contribution in [0.15, 0.2) is 18.2 Å². The maximum absolute atomic E-state index is 12.9. The van der Waals surface area contributed by atoms with E-state index in [0.717, 1.165) is 6.07 Å². The molecule has 0 radical (unpaired) electrons. The van der Waals surface area contributed by atoms with E-state index >= 15 is 0 Å². The van der Waals surface area contributed by atoms with Gasteiger partial charge in [-0.2, -0.15) is 13.2 Å². The van der Waals surface area contributed by atoms with Gasteiger partial charge in [0.2, 0.25) is 11.8 Å². The Morgan fingerprint density at radius 2 is 1.95 bits per heavy atom. The van der Waals surface area contributed by atoms with Crippen molar-refractivity contribution < 1.29 is 22.8 Å². The lowest BCUT2D eigenvalue weighted by atomic mass is 10.1. The quantitative estimate of drug-likeness (QED) is 0.865. The number of amides is 2. The van der Waals surface area contributed by atoms with E-state index < -0.39 is 23.7 Å². The van der Waals surface area contributed by atoms with Crippen molar-refractivity contribution >= 4 is 17.5 Å². The minimum absolute atomic E-state index is 0.0608. The summed E-state index contributed by atoms with van der Waals surface area (Å²) < 4.78 is 38.8. The van der Waals surface area contributed by atoms with Gasteiger partial charge in [0.15, 0.2) is 0 Å². The van der Waals surface area contributed by atoms with Gasteiger partial charge in [0.1, 0.15) is 6.04 Å². The first-order valence-corrected chi connectivity index (χ1v) is 6.48. The molecule has 1 aromatic carbocycles. The minimum atomic E-state index is -4.48. The van der Waals surface area contributed by atoms with Gasteiger partial charge >= 0.3 is 6.18 Å². The molecule has 0 aliphatic carbocycles. The molecule has 2 amide bonds. The zero-order chi connectivity index (χ0) is 15.8. The third kappa shape index (κ3) is 3.17. The average Bonchev–Trinajstić information content (AvgIpc) is 2.50. The van der Waals surface area contributed by atoms with Crippen LogP contribution in [0.3, 0.4) is 0 Å². The molecule has 1 aliphatic rings. The van der Waals surface area contributed by atoms with Gasteiger partial charge in [-0.05, 0) is 31.5 Å². The molecule has 4 nitrogen and oxygen atoms in total. The Bertz CT molecular complexity index is 584. The largest absolute Gasteiger partial charge is 0.416 e. The monoisotopic (exact) mass is 300 g/mol. The highest BCUT2D eigenvalue weighted by molar-refractivity contribution is 6.01. The lowest BCUT2D eigenvalue weighted by Crippen LogP contribution is -2.42. The summed E-state index contributed by atoms with van der Waals surface area (Å²) in [5, 5.41) is 2.50. The van der Waals surface area contributed by atoms with E-state index in [2.05, 4.69) is 5.32 Å². The van der Waals surface area contributed by atoms with Crippen LogP contribution in [0, 0.1) is 6.92 Å². The highest BCUT2D eigenvalue weighted by Gasteiger charge is 2.34. The van der Waals surface area contributed by atoms with E-state index in [-0.39, 0.29) is 30.1 Å². The van der Waals surface area contributed by atoms with Gasteiger partial charge in [0, 0.05) is 18.7 Å². The fraction of sp³-hybridized carbons (Fsp3) is 0.429. The average molecular weight is 300 g/mol. The van der Waals surface area contributed by atoms with Crippen molar-refractivity contribution in [1.29, 1.82) is 0 Å². The Balaban J connectivity index is 2.41. The molecule has 1 atom stereocenters. The van der Waals surface area contributed by atoms with Crippen molar-refractivity contribution in [2.45, 2.75) is 32.5 Å². The number of anilines is 1. The number of carbonyl (C=O) groups excluding carboxylic acids is 2. The van der Waals surface area contributed by atoms with Gasteiger partial charge in [-0.3, -0.25) is 9.59 Å². The number of hydrogen-bond donors (Lipinski definition) is 1. The Morgan fingerprint density at radius 1 is 1.29 bits per heavy atom. The highest BCUT2D eigenvalue weighted by atomic mass is 19.4. The third-order valence-electron chi connectivity index (χ3n) is 3.41. The summed E-state index contributed by atoms with van der Waals surface area (Å²) in [6.45, 7) is 2.94. The van der Waals surface area contributed by atoms with Crippen LogP contribution < -0.4 is 10.2 Å². The second-order valence-electron chi connectivity index (χ2n) is 5.03. The molecule has 1 heterocycles. The Labute approximate surface area is 119 Å². The second kappa shape index (κ2) is 5.38. The number of aryl methyl sites for hydroxylation is 1. The summed E-state index contributed by atoms with van der Waals surface area (Å²) in [5.74, 6) is -0.709. The van der Waals surface area contributed by atoms with E-state index in [4.69, 9.17) is 0 Å². The Kier molecular flexibility index (Phi) is 3.93. The van der Waals surface area contributed by atoms with Crippen LogP contribution in [-0.2, 0) is 15.8 Å². The normalized spacial score (nSPS) is 20.2. The first-order valence-electron chi connectivity index (χ1n) is 6.48. The zero-order valence-corrected chi connectivity index (χ0v) is 11.6. The molecule has 1 saturated heterocycles. The highest BCUT2D eigenvalue weighted by Crippen LogP contribution is 2.34. The number of alkyl halides is 3. The molecule has 0 aromatic heterocycles. The van der Waals surface area contributed by atoms with Crippen LogP contribution >= 0.6 is 0 Å². The number of carbonyl (C=O) groups is 2. The number of nitrogens with zero attached hydrogens (tertiary/aromatic N) is 1. The van der Waals surface area contributed by atoms with Crippen LogP contribution in [0.1, 0.15) is 24.5 Å². The van der Waals surface area contributed by atoms with Crippen LogP contribution in [0.5, 0.6) is 0 Å². The molecule has 0 saturated carbocycles. The van der Waals surface area contributed by atoms with Gasteiger partial charge in [-0.1, -0.05) is 6.07 Å². The number of nitrogens with one attached hydrogen (secondary N) is 1. The summed E-state index contributed by atoms with van der Waals surface area (Å²) in [6.07, 6.45) is -4.42. The smallest absolute Gasteiger partial charge is 0.345 e. The zero-order valence-electron chi connectivity index (χ0n) is 11.6. The number of hydrogen-bond acceptors (Lipinski definition) is 2. The van der Waals surface area contributed by atoms with Gasteiger partial charge in [0.05, 0.1) is 5.56 Å². The van der Waals surface area contributed by atoms with Crippen molar-refractivity contribution in [3.63, 3.8) is 0 Å². The van der Waals surface area contributed by atoms with Gasteiger partial charge in [0.25, 0.3) is 0 Å². The predicted molar refractivity (Wildman–Crippen MR) is 70.8 cm³/mol. The molecule has 21 heavy (non-hydrogen) atoms. The van der Waals surface area contributed by atoms with Crippen molar-refractivity contribution in [1.82, 2.24) is 5.32 Å². The van der Waals surface area contributed by atoms with Crippen molar-refractivity contribution in [3.8, 4) is 0 Å². The predicted octanol–water partition coefficient (Wildman–Crippen LogP) is 2.26. The van der Waals surface area contributed by atoms with Gasteiger partial charge in [-0.15, -0.1) is 0 Å². The molecule has 0 spiro atoms. The summed E-state index contributed by atoms with van der Waals surface area (Å²) in [7, 11) is 0. The number of benzene rings is 1. The molecular weight excluding hydrogens is 285 g/mol. The van der Waals surface area contributed by atoms with Crippen LogP contribution in [0.2, 0.25) is 0 Å². The Hall–Kier alpha value is -2.05. The topological polar surface area (TPSA) is 49.4 Å². The summed E-state index contributed by atoms with van der Waals surface area (Å²) >= 11 is 0. The van der Waals surface area contributed by atoms with E-state index in [1.165, 1.54) is 30.9 Å². The molecule has 1 N–H and O–H groups in total.